The first-order chi connectivity index (χ1) is 16.1. The van der Waals surface area contributed by atoms with Crippen LogP contribution in [-0.4, -0.2) is 11.6 Å². The number of halogens is 1. The Bertz CT molecular complexity index is 1600. The van der Waals surface area contributed by atoms with E-state index in [1.54, 1.807) is 6.07 Å². The summed E-state index contributed by atoms with van der Waals surface area (Å²) in [6.45, 7) is 0. The van der Waals surface area contributed by atoms with Crippen LogP contribution in [0.1, 0.15) is 31.8 Å². The van der Waals surface area contributed by atoms with E-state index in [0.717, 1.165) is 37.5 Å². The van der Waals surface area contributed by atoms with E-state index in [9.17, 15) is 9.59 Å². The van der Waals surface area contributed by atoms with Crippen molar-refractivity contribution in [3.05, 3.63) is 130 Å². The van der Waals surface area contributed by atoms with Crippen molar-refractivity contribution < 1.29 is 9.59 Å². The molecule has 0 amide bonds. The fourth-order valence-electron chi connectivity index (χ4n) is 4.83. The molecule has 0 N–H and O–H groups in total. The lowest BCUT2D eigenvalue weighted by molar-refractivity contribution is 0.0980. The normalized spacial score (nSPS) is 12.5. The van der Waals surface area contributed by atoms with Crippen LogP contribution in [0.4, 0.5) is 0 Å². The molecule has 6 rings (SSSR count). The van der Waals surface area contributed by atoms with Crippen LogP contribution in [0.3, 0.4) is 0 Å². The zero-order valence-corrected chi connectivity index (χ0v) is 19.1. The number of benzene rings is 5. The second-order valence-corrected chi connectivity index (χ2v) is 8.98. The molecule has 5 aromatic carbocycles. The Labute approximate surface area is 199 Å². The van der Waals surface area contributed by atoms with Crippen LogP contribution in [-0.2, 0) is 0 Å². The molecule has 0 heterocycles. The lowest BCUT2D eigenvalue weighted by Crippen LogP contribution is -2.23. The summed E-state index contributed by atoms with van der Waals surface area (Å²) in [5.74, 6) is -0.230. The summed E-state index contributed by atoms with van der Waals surface area (Å²) < 4.78 is 0.881. The van der Waals surface area contributed by atoms with Crippen molar-refractivity contribution >= 4 is 38.3 Å². The first-order valence-corrected chi connectivity index (χ1v) is 11.5. The Morgan fingerprint density at radius 2 is 1.15 bits per heavy atom. The van der Waals surface area contributed by atoms with Crippen LogP contribution in [0.15, 0.2) is 108 Å². The van der Waals surface area contributed by atoms with Gasteiger partial charge in [0.1, 0.15) is 0 Å². The maximum absolute atomic E-state index is 14.2. The van der Waals surface area contributed by atoms with Gasteiger partial charge in [0.05, 0.1) is 0 Å². The van der Waals surface area contributed by atoms with Crippen molar-refractivity contribution in [3.8, 4) is 22.3 Å². The number of carbonyl (C=O) groups is 2. The molecule has 2 nitrogen and oxygen atoms in total. The minimum absolute atomic E-state index is 0.114. The van der Waals surface area contributed by atoms with Crippen molar-refractivity contribution in [3.63, 3.8) is 0 Å². The fourth-order valence-corrected chi connectivity index (χ4v) is 5.33. The molecule has 1 aliphatic carbocycles. The van der Waals surface area contributed by atoms with Crippen molar-refractivity contribution in [2.24, 2.45) is 0 Å². The monoisotopic (exact) mass is 488 g/mol. The van der Waals surface area contributed by atoms with Gasteiger partial charge in [-0.25, -0.2) is 0 Å². The van der Waals surface area contributed by atoms with Crippen molar-refractivity contribution in [1.29, 1.82) is 0 Å². The summed E-state index contributed by atoms with van der Waals surface area (Å²) in [4.78, 5) is 28.0. The number of carbonyl (C=O) groups excluding carboxylic acids is 2. The van der Waals surface area contributed by atoms with Gasteiger partial charge in [-0.1, -0.05) is 107 Å². The van der Waals surface area contributed by atoms with Gasteiger partial charge in [-0.05, 0) is 39.6 Å². The van der Waals surface area contributed by atoms with Crippen LogP contribution in [0, 0.1) is 0 Å². The second kappa shape index (κ2) is 7.65. The second-order valence-electron chi connectivity index (χ2n) is 8.13. The Morgan fingerprint density at radius 3 is 1.97 bits per heavy atom. The molecule has 0 unspecified atom stereocenters. The molecule has 156 valence electrons. The highest BCUT2D eigenvalue weighted by Crippen LogP contribution is 2.42. The van der Waals surface area contributed by atoms with E-state index in [-0.39, 0.29) is 11.6 Å². The molecule has 5 aromatic rings. The minimum atomic E-state index is -0.115. The molecule has 0 bridgehead atoms. The molecule has 0 atom stereocenters. The van der Waals surface area contributed by atoms with Crippen molar-refractivity contribution in [1.82, 2.24) is 0 Å². The first-order valence-electron chi connectivity index (χ1n) is 10.7. The minimum Gasteiger partial charge on any atom is -0.289 e. The highest BCUT2D eigenvalue weighted by Gasteiger charge is 2.35. The van der Waals surface area contributed by atoms with Crippen molar-refractivity contribution in [2.75, 3.05) is 0 Å². The molecular weight excluding hydrogens is 472 g/mol. The molecule has 0 saturated heterocycles. The first kappa shape index (κ1) is 19.8. The number of hydrogen-bond acceptors (Lipinski definition) is 2. The van der Waals surface area contributed by atoms with Gasteiger partial charge in [0.25, 0.3) is 0 Å². The van der Waals surface area contributed by atoms with Gasteiger partial charge in [0.15, 0.2) is 11.6 Å². The molecule has 1 aliphatic rings. The standard InChI is InChI=1S/C30H17BrO2/c31-25-16-7-6-13-21(25)22-14-8-15-23-27(22)30(33)28-24(29(23)32)17-19-11-4-5-12-20(19)26(28)18-9-2-1-3-10-18/h1-17H. The molecular formula is C30H17BrO2. The van der Waals surface area contributed by atoms with Gasteiger partial charge in [0.2, 0.25) is 0 Å². The highest BCUT2D eigenvalue weighted by molar-refractivity contribution is 9.10. The Balaban J connectivity index is 1.72. The smallest absolute Gasteiger partial charge is 0.195 e. The number of rotatable bonds is 2. The SMILES string of the molecule is O=C1c2cccc(-c3ccccc3Br)c2C(=O)c2c1cc1ccccc1c2-c1ccccc1. The van der Waals surface area contributed by atoms with Gasteiger partial charge >= 0.3 is 0 Å². The van der Waals surface area contributed by atoms with Crippen LogP contribution < -0.4 is 0 Å². The zero-order chi connectivity index (χ0) is 22.5. The van der Waals surface area contributed by atoms with Gasteiger partial charge in [-0.3, -0.25) is 9.59 Å². The summed E-state index contributed by atoms with van der Waals surface area (Å²) >= 11 is 3.62. The van der Waals surface area contributed by atoms with Crippen molar-refractivity contribution in [2.45, 2.75) is 0 Å². The quantitative estimate of drug-likeness (QED) is 0.250. The Kier molecular flexibility index (Phi) is 4.60. The van der Waals surface area contributed by atoms with Gasteiger partial charge < -0.3 is 0 Å². The van der Waals surface area contributed by atoms with Crippen LogP contribution >= 0.6 is 15.9 Å². The third-order valence-corrected chi connectivity index (χ3v) is 6.98. The number of fused-ring (bicyclic) bond motifs is 3. The highest BCUT2D eigenvalue weighted by atomic mass is 79.9. The lowest BCUT2D eigenvalue weighted by atomic mass is 9.76. The van der Waals surface area contributed by atoms with Crippen LogP contribution in [0.5, 0.6) is 0 Å². The maximum atomic E-state index is 14.2. The van der Waals surface area contributed by atoms with E-state index in [1.807, 2.05) is 97.1 Å². The predicted octanol–water partition coefficient (Wildman–Crippen LogP) is 7.71. The molecule has 33 heavy (non-hydrogen) atoms. The van der Waals surface area contributed by atoms with Gasteiger partial charge in [-0.2, -0.15) is 0 Å². The molecule has 0 radical (unpaired) electrons. The average Bonchev–Trinajstić information content (AvgIpc) is 2.86. The summed E-state index contributed by atoms with van der Waals surface area (Å²) in [6, 6.07) is 33.0. The largest absolute Gasteiger partial charge is 0.289 e. The maximum Gasteiger partial charge on any atom is 0.195 e. The summed E-state index contributed by atoms with van der Waals surface area (Å²) in [7, 11) is 0. The summed E-state index contributed by atoms with van der Waals surface area (Å²) in [5.41, 5.74) is 5.26. The predicted molar refractivity (Wildman–Crippen MR) is 136 cm³/mol. The Hall–Kier alpha value is -3.82. The van der Waals surface area contributed by atoms with E-state index in [2.05, 4.69) is 15.9 Å². The van der Waals surface area contributed by atoms with E-state index in [0.29, 0.717) is 22.3 Å². The number of hydrogen-bond donors (Lipinski definition) is 0. The molecule has 0 aromatic heterocycles. The van der Waals surface area contributed by atoms with Crippen LogP contribution in [0.2, 0.25) is 0 Å². The summed E-state index contributed by atoms with van der Waals surface area (Å²) in [5, 5.41) is 1.91. The third-order valence-electron chi connectivity index (χ3n) is 6.28. The van der Waals surface area contributed by atoms with E-state index >= 15 is 0 Å². The summed E-state index contributed by atoms with van der Waals surface area (Å²) in [6.07, 6.45) is 0. The number of ketones is 2. The third kappa shape index (κ3) is 3.00. The van der Waals surface area contributed by atoms with Gasteiger partial charge in [-0.15, -0.1) is 0 Å². The average molecular weight is 489 g/mol. The van der Waals surface area contributed by atoms with Gasteiger partial charge in [0, 0.05) is 32.3 Å². The van der Waals surface area contributed by atoms with E-state index in [1.165, 1.54) is 0 Å². The molecule has 0 saturated carbocycles. The topological polar surface area (TPSA) is 34.1 Å². The van der Waals surface area contributed by atoms with Crippen LogP contribution in [0.25, 0.3) is 33.0 Å². The van der Waals surface area contributed by atoms with E-state index in [4.69, 9.17) is 0 Å². The molecule has 0 aliphatic heterocycles. The molecule has 3 heteroatoms. The fraction of sp³-hybridized carbons (Fsp3) is 0. The zero-order valence-electron chi connectivity index (χ0n) is 17.5. The van der Waals surface area contributed by atoms with E-state index < -0.39 is 0 Å². The molecule has 0 spiro atoms. The molecule has 0 fully saturated rings. The lowest BCUT2D eigenvalue weighted by Gasteiger charge is -2.24. The Morgan fingerprint density at radius 1 is 0.485 bits per heavy atom.